The van der Waals surface area contributed by atoms with Crippen LogP contribution in [0.15, 0.2) is 0 Å². The monoisotopic (exact) mass is 273 g/mol. The van der Waals surface area contributed by atoms with E-state index in [1.54, 1.807) is 6.92 Å². The maximum absolute atomic E-state index is 12.0. The number of hydrogen-bond acceptors (Lipinski definition) is 5. The zero-order valence-electron chi connectivity index (χ0n) is 12.0. The molecule has 6 nitrogen and oxygen atoms in total. The maximum Gasteiger partial charge on any atom is 0.407 e. The summed E-state index contributed by atoms with van der Waals surface area (Å²) in [5.74, 6) is -0.420. The molecule has 0 bridgehead atoms. The smallest absolute Gasteiger partial charge is 0.407 e. The normalized spacial score (nSPS) is 28.3. The molecule has 1 fully saturated rings. The van der Waals surface area contributed by atoms with E-state index in [0.717, 1.165) is 0 Å². The van der Waals surface area contributed by atoms with E-state index in [-0.39, 0.29) is 24.7 Å². The molecule has 0 spiro atoms. The van der Waals surface area contributed by atoms with E-state index in [1.165, 1.54) is 7.11 Å². The van der Waals surface area contributed by atoms with Crippen molar-refractivity contribution in [2.24, 2.45) is 5.92 Å². The van der Waals surface area contributed by atoms with Crippen molar-refractivity contribution < 1.29 is 23.8 Å². The molecule has 0 saturated carbocycles. The van der Waals surface area contributed by atoms with Gasteiger partial charge in [0.05, 0.1) is 25.9 Å². The highest BCUT2D eigenvalue weighted by Crippen LogP contribution is 2.28. The second-order valence-corrected chi connectivity index (χ2v) is 4.85. The van der Waals surface area contributed by atoms with Gasteiger partial charge >= 0.3 is 12.1 Å². The van der Waals surface area contributed by atoms with Crippen molar-refractivity contribution in [2.75, 3.05) is 13.7 Å². The zero-order valence-corrected chi connectivity index (χ0v) is 12.0. The molecule has 3 unspecified atom stereocenters. The largest absolute Gasteiger partial charge is 0.464 e. The second-order valence-electron chi connectivity index (χ2n) is 4.85. The number of alkyl carbamates (subject to hydrolysis) is 1. The SMILES string of the molecule is CCOC(=O)C(NC(=O)OC)C1CC(C)OC(C)C1. The Morgan fingerprint density at radius 3 is 2.37 bits per heavy atom. The first-order valence-corrected chi connectivity index (χ1v) is 6.64. The molecule has 110 valence electrons. The fraction of sp³-hybridized carbons (Fsp3) is 0.846. The lowest BCUT2D eigenvalue weighted by atomic mass is 9.86. The van der Waals surface area contributed by atoms with Crippen molar-refractivity contribution in [3.05, 3.63) is 0 Å². The average molecular weight is 273 g/mol. The highest BCUT2D eigenvalue weighted by atomic mass is 16.5. The van der Waals surface area contributed by atoms with E-state index < -0.39 is 18.1 Å². The zero-order chi connectivity index (χ0) is 14.4. The number of hydrogen-bond donors (Lipinski definition) is 1. The third-order valence-corrected chi connectivity index (χ3v) is 3.20. The quantitative estimate of drug-likeness (QED) is 0.785. The molecule has 19 heavy (non-hydrogen) atoms. The molecule has 3 atom stereocenters. The summed E-state index contributed by atoms with van der Waals surface area (Å²) in [6.45, 7) is 5.95. The van der Waals surface area contributed by atoms with Crippen molar-refractivity contribution in [1.29, 1.82) is 0 Å². The number of amides is 1. The molecule has 1 amide bonds. The predicted octanol–water partition coefficient (Wildman–Crippen LogP) is 1.48. The minimum atomic E-state index is -0.679. The van der Waals surface area contributed by atoms with Crippen LogP contribution >= 0.6 is 0 Å². The van der Waals surface area contributed by atoms with Gasteiger partial charge in [-0.25, -0.2) is 9.59 Å². The summed E-state index contributed by atoms with van der Waals surface area (Å²) in [7, 11) is 1.27. The highest BCUT2D eigenvalue weighted by molar-refractivity contribution is 5.81. The summed E-state index contributed by atoms with van der Waals surface area (Å²) in [5, 5.41) is 2.57. The lowest BCUT2D eigenvalue weighted by Crippen LogP contribution is -2.50. The Kier molecular flexibility index (Phi) is 6.08. The van der Waals surface area contributed by atoms with E-state index in [0.29, 0.717) is 12.8 Å². The maximum atomic E-state index is 12.0. The van der Waals surface area contributed by atoms with Gasteiger partial charge in [-0.05, 0) is 39.5 Å². The minimum Gasteiger partial charge on any atom is -0.464 e. The number of methoxy groups -OCH3 is 1. The lowest BCUT2D eigenvalue weighted by Gasteiger charge is -2.35. The van der Waals surface area contributed by atoms with Crippen LogP contribution in [-0.2, 0) is 19.0 Å². The van der Waals surface area contributed by atoms with Crippen LogP contribution in [0.3, 0.4) is 0 Å². The van der Waals surface area contributed by atoms with Gasteiger partial charge in [-0.3, -0.25) is 0 Å². The third-order valence-electron chi connectivity index (χ3n) is 3.20. The molecule has 0 aromatic heterocycles. The predicted molar refractivity (Wildman–Crippen MR) is 68.7 cm³/mol. The molecule has 0 aromatic carbocycles. The van der Waals surface area contributed by atoms with Gasteiger partial charge < -0.3 is 19.5 Å². The molecule has 1 saturated heterocycles. The molecule has 6 heteroatoms. The Bertz CT molecular complexity index is 310. The van der Waals surface area contributed by atoms with Gasteiger partial charge in [-0.1, -0.05) is 0 Å². The summed E-state index contributed by atoms with van der Waals surface area (Å²) in [6.07, 6.45) is 0.912. The first-order valence-electron chi connectivity index (χ1n) is 6.64. The van der Waals surface area contributed by atoms with Crippen molar-refractivity contribution in [3.8, 4) is 0 Å². The lowest BCUT2D eigenvalue weighted by molar-refractivity contribution is -0.149. The minimum absolute atomic E-state index is 0.00287. The van der Waals surface area contributed by atoms with Crippen LogP contribution < -0.4 is 5.32 Å². The van der Waals surface area contributed by atoms with Gasteiger partial charge in [0.25, 0.3) is 0 Å². The van der Waals surface area contributed by atoms with Gasteiger partial charge in [0.15, 0.2) is 0 Å². The van der Waals surface area contributed by atoms with E-state index in [1.807, 2.05) is 13.8 Å². The van der Waals surface area contributed by atoms with Crippen LogP contribution in [0.25, 0.3) is 0 Å². The molecule has 0 aromatic rings. The van der Waals surface area contributed by atoms with E-state index in [2.05, 4.69) is 10.1 Å². The van der Waals surface area contributed by atoms with Crippen LogP contribution in [0.5, 0.6) is 0 Å². The van der Waals surface area contributed by atoms with Crippen LogP contribution in [0, 0.1) is 5.92 Å². The average Bonchev–Trinajstić information content (AvgIpc) is 2.34. The highest BCUT2D eigenvalue weighted by Gasteiger charge is 2.36. The van der Waals surface area contributed by atoms with E-state index in [4.69, 9.17) is 9.47 Å². The molecule has 1 N–H and O–H groups in total. The number of esters is 1. The molecule has 1 aliphatic rings. The topological polar surface area (TPSA) is 73.9 Å². The van der Waals surface area contributed by atoms with E-state index >= 15 is 0 Å². The standard InChI is InChI=1S/C13H23NO5/c1-5-18-12(15)11(14-13(16)17-4)10-6-8(2)19-9(3)7-10/h8-11H,5-7H2,1-4H3,(H,14,16). The fourth-order valence-electron chi connectivity index (χ4n) is 2.52. The number of carbonyl (C=O) groups is 2. The fourth-order valence-corrected chi connectivity index (χ4v) is 2.52. The summed E-state index contributed by atoms with van der Waals surface area (Å²) < 4.78 is 15.2. The van der Waals surface area contributed by atoms with Crippen molar-refractivity contribution >= 4 is 12.1 Å². The molecule has 1 aliphatic heterocycles. The van der Waals surface area contributed by atoms with Crippen LogP contribution in [0.2, 0.25) is 0 Å². The molecule has 0 aliphatic carbocycles. The molecular formula is C13H23NO5. The van der Waals surface area contributed by atoms with Crippen LogP contribution in [0.1, 0.15) is 33.6 Å². The number of carbonyl (C=O) groups excluding carboxylic acids is 2. The summed E-state index contributed by atoms with van der Waals surface area (Å²) in [6, 6.07) is -0.679. The summed E-state index contributed by atoms with van der Waals surface area (Å²) in [5.41, 5.74) is 0. The van der Waals surface area contributed by atoms with Gasteiger partial charge in [0, 0.05) is 0 Å². The molecular weight excluding hydrogens is 250 g/mol. The van der Waals surface area contributed by atoms with Crippen molar-refractivity contribution in [2.45, 2.75) is 51.9 Å². The van der Waals surface area contributed by atoms with Crippen LogP contribution in [-0.4, -0.2) is 44.0 Å². The Hall–Kier alpha value is -1.30. The summed E-state index contributed by atoms with van der Waals surface area (Å²) in [4.78, 5) is 23.3. The molecule has 0 radical (unpaired) electrons. The van der Waals surface area contributed by atoms with Gasteiger partial charge in [-0.2, -0.15) is 0 Å². The summed E-state index contributed by atoms with van der Waals surface area (Å²) >= 11 is 0. The molecule has 1 rings (SSSR count). The second kappa shape index (κ2) is 7.33. The van der Waals surface area contributed by atoms with Gasteiger partial charge in [0.1, 0.15) is 6.04 Å². The van der Waals surface area contributed by atoms with Crippen molar-refractivity contribution in [3.63, 3.8) is 0 Å². The van der Waals surface area contributed by atoms with Gasteiger partial charge in [0.2, 0.25) is 0 Å². The first-order chi connectivity index (χ1) is 8.97. The molecule has 1 heterocycles. The number of rotatable bonds is 4. The van der Waals surface area contributed by atoms with Crippen LogP contribution in [0.4, 0.5) is 4.79 Å². The Morgan fingerprint density at radius 2 is 1.89 bits per heavy atom. The van der Waals surface area contributed by atoms with E-state index in [9.17, 15) is 9.59 Å². The number of nitrogens with one attached hydrogen (secondary N) is 1. The van der Waals surface area contributed by atoms with Crippen molar-refractivity contribution in [1.82, 2.24) is 5.32 Å². The Morgan fingerprint density at radius 1 is 1.32 bits per heavy atom. The number of ether oxygens (including phenoxy) is 3. The Labute approximate surface area is 113 Å². The third kappa shape index (κ3) is 4.70. The Balaban J connectivity index is 2.76. The van der Waals surface area contributed by atoms with Gasteiger partial charge in [-0.15, -0.1) is 0 Å². The first kappa shape index (κ1) is 15.8.